The zero-order valence-corrected chi connectivity index (χ0v) is 14.0. The van der Waals surface area contributed by atoms with Crippen molar-refractivity contribution >= 4 is 23.6 Å². The van der Waals surface area contributed by atoms with Crippen molar-refractivity contribution in [1.29, 1.82) is 0 Å². The van der Waals surface area contributed by atoms with Crippen LogP contribution >= 0.6 is 0 Å². The molecule has 0 aromatic carbocycles. The van der Waals surface area contributed by atoms with Gasteiger partial charge in [-0.3, -0.25) is 4.79 Å². The van der Waals surface area contributed by atoms with Crippen molar-refractivity contribution in [3.05, 3.63) is 48.0 Å². The van der Waals surface area contributed by atoms with Crippen molar-refractivity contribution in [2.75, 3.05) is 19.8 Å². The van der Waals surface area contributed by atoms with Gasteiger partial charge in [-0.2, -0.15) is 5.10 Å². The molecule has 8 nitrogen and oxygen atoms in total. The highest BCUT2D eigenvalue weighted by Crippen LogP contribution is 2.22. The Morgan fingerprint density at radius 2 is 2.12 bits per heavy atom. The van der Waals surface area contributed by atoms with Crippen LogP contribution in [0.5, 0.6) is 0 Å². The van der Waals surface area contributed by atoms with Gasteiger partial charge in [0.2, 0.25) is 5.91 Å². The van der Waals surface area contributed by atoms with Gasteiger partial charge in [0.15, 0.2) is 0 Å². The average molecular weight is 337 g/mol. The highest BCUT2D eigenvalue weighted by molar-refractivity contribution is 5.87. The largest absolute Gasteiger partial charge is 0.383 e. The normalized spacial score (nSPS) is 11.3. The lowest BCUT2D eigenvalue weighted by Gasteiger charge is -2.07. The number of nitrogens with zero attached hydrogens (tertiary/aromatic N) is 5. The van der Waals surface area contributed by atoms with Gasteiger partial charge in [0.05, 0.1) is 18.3 Å². The molecule has 8 heteroatoms. The molecule has 1 amide bonds. The van der Waals surface area contributed by atoms with Gasteiger partial charge < -0.3 is 20.9 Å². The molecule has 0 saturated heterocycles. The number of nitrogens with two attached hydrogens (primary N) is 2. The molecule has 3 heterocycles. The first-order valence-corrected chi connectivity index (χ1v) is 7.65. The number of imidazole rings is 1. The maximum absolute atomic E-state index is 11.0. The van der Waals surface area contributed by atoms with Gasteiger partial charge in [0, 0.05) is 49.4 Å². The minimum Gasteiger partial charge on any atom is -0.383 e. The summed E-state index contributed by atoms with van der Waals surface area (Å²) in [6.45, 7) is 0. The van der Waals surface area contributed by atoms with E-state index in [1.165, 1.54) is 0 Å². The van der Waals surface area contributed by atoms with Crippen molar-refractivity contribution < 1.29 is 4.79 Å². The first-order valence-electron chi connectivity index (χ1n) is 7.65. The number of hydrogen-bond donors (Lipinski definition) is 2. The van der Waals surface area contributed by atoms with E-state index in [2.05, 4.69) is 15.1 Å². The number of primary amides is 1. The minimum absolute atomic E-state index is 0.117. The molecule has 3 aromatic heterocycles. The van der Waals surface area contributed by atoms with Gasteiger partial charge in [-0.05, 0) is 18.2 Å². The number of hydrazone groups is 1. The Bertz CT molecular complexity index is 959. The summed E-state index contributed by atoms with van der Waals surface area (Å²) in [6, 6.07) is 5.75. The van der Waals surface area contributed by atoms with E-state index in [9.17, 15) is 4.79 Å². The third-order valence-corrected chi connectivity index (χ3v) is 3.57. The Morgan fingerprint density at radius 1 is 1.32 bits per heavy atom. The molecule has 0 atom stereocenters. The zero-order valence-electron chi connectivity index (χ0n) is 14.0. The van der Waals surface area contributed by atoms with E-state index in [-0.39, 0.29) is 6.42 Å². The summed E-state index contributed by atoms with van der Waals surface area (Å²) < 4.78 is 1.86. The van der Waals surface area contributed by atoms with Crippen molar-refractivity contribution in [3.63, 3.8) is 0 Å². The lowest BCUT2D eigenvalue weighted by atomic mass is 10.1. The van der Waals surface area contributed by atoms with Gasteiger partial charge in [-0.1, -0.05) is 0 Å². The molecule has 0 aliphatic heterocycles. The van der Waals surface area contributed by atoms with Crippen molar-refractivity contribution in [2.24, 2.45) is 10.8 Å². The van der Waals surface area contributed by atoms with E-state index >= 15 is 0 Å². The van der Waals surface area contributed by atoms with E-state index in [0.29, 0.717) is 11.5 Å². The Kier molecular flexibility index (Phi) is 4.34. The number of rotatable bonds is 5. The van der Waals surface area contributed by atoms with Crippen molar-refractivity contribution in [3.8, 4) is 11.1 Å². The van der Waals surface area contributed by atoms with E-state index < -0.39 is 5.91 Å². The van der Waals surface area contributed by atoms with Crippen LogP contribution in [0.15, 0.2) is 41.9 Å². The van der Waals surface area contributed by atoms with Crippen LogP contribution in [0.2, 0.25) is 0 Å². The van der Waals surface area contributed by atoms with E-state index in [1.807, 2.05) is 42.9 Å². The molecule has 25 heavy (non-hydrogen) atoms. The lowest BCUT2D eigenvalue weighted by molar-refractivity contribution is -0.117. The predicted molar refractivity (Wildman–Crippen MR) is 97.0 cm³/mol. The lowest BCUT2D eigenvalue weighted by Crippen LogP contribution is -2.13. The van der Waals surface area contributed by atoms with Gasteiger partial charge in [0.25, 0.3) is 0 Å². The van der Waals surface area contributed by atoms with Gasteiger partial charge >= 0.3 is 0 Å². The molecule has 0 aliphatic rings. The summed E-state index contributed by atoms with van der Waals surface area (Å²) in [5.41, 5.74) is 15.1. The molecule has 3 aromatic rings. The Morgan fingerprint density at radius 3 is 2.84 bits per heavy atom. The molecule has 0 bridgehead atoms. The maximum Gasteiger partial charge on any atom is 0.223 e. The monoisotopic (exact) mass is 337 g/mol. The molecule has 3 rings (SSSR count). The summed E-state index contributed by atoms with van der Waals surface area (Å²) in [5, 5.41) is 5.89. The molecule has 0 saturated carbocycles. The number of anilines is 1. The van der Waals surface area contributed by atoms with Crippen LogP contribution in [0.4, 0.5) is 5.82 Å². The number of aromatic nitrogens is 3. The number of amides is 1. The van der Waals surface area contributed by atoms with Crippen LogP contribution in [0.1, 0.15) is 11.3 Å². The van der Waals surface area contributed by atoms with Crippen molar-refractivity contribution in [1.82, 2.24) is 19.4 Å². The predicted octanol–water partition coefficient (Wildman–Crippen LogP) is 0.902. The van der Waals surface area contributed by atoms with Gasteiger partial charge in [-0.15, -0.1) is 0 Å². The third kappa shape index (κ3) is 3.74. The number of hydrogen-bond acceptors (Lipinski definition) is 6. The van der Waals surface area contributed by atoms with Crippen LogP contribution in [0.25, 0.3) is 16.8 Å². The number of nitrogen functional groups attached to an aromatic ring is 1. The summed E-state index contributed by atoms with van der Waals surface area (Å²) in [5.74, 6) is 0.0120. The Balaban J connectivity index is 1.98. The first kappa shape index (κ1) is 16.4. The van der Waals surface area contributed by atoms with Gasteiger partial charge in [-0.25, -0.2) is 9.97 Å². The Labute approximate surface area is 144 Å². The molecule has 0 aliphatic carbocycles. The maximum atomic E-state index is 11.0. The topological polar surface area (TPSA) is 115 Å². The van der Waals surface area contributed by atoms with Crippen LogP contribution in [0.3, 0.4) is 0 Å². The molecular formula is C17H19N7O. The number of carbonyl (C=O) groups is 1. The van der Waals surface area contributed by atoms with Crippen molar-refractivity contribution in [2.45, 2.75) is 6.42 Å². The Hall–Kier alpha value is -3.42. The first-order chi connectivity index (χ1) is 11.9. The van der Waals surface area contributed by atoms with Crippen LogP contribution in [-0.2, 0) is 11.2 Å². The summed E-state index contributed by atoms with van der Waals surface area (Å²) in [6.07, 6.45) is 7.22. The van der Waals surface area contributed by atoms with E-state index in [1.54, 1.807) is 23.6 Å². The molecule has 0 radical (unpaired) electrons. The third-order valence-electron chi connectivity index (χ3n) is 3.57. The number of fused-ring (bicyclic) bond motifs is 1. The standard InChI is InChI=1S/C17H19N7O/c1-23(2)21-8-13-5-12(7-20-17(13)19)11-3-4-16-22-14(6-15(18)25)10-24(16)9-11/h3-5,7-10H,6H2,1-2H3,(H2,18,25)(H2,19,20). The fourth-order valence-corrected chi connectivity index (χ4v) is 2.41. The molecule has 0 spiro atoms. The average Bonchev–Trinajstić information content (AvgIpc) is 2.94. The number of pyridine rings is 2. The molecule has 4 N–H and O–H groups in total. The highest BCUT2D eigenvalue weighted by Gasteiger charge is 2.08. The van der Waals surface area contributed by atoms with Crippen LogP contribution < -0.4 is 11.5 Å². The highest BCUT2D eigenvalue weighted by atomic mass is 16.1. The van der Waals surface area contributed by atoms with Gasteiger partial charge in [0.1, 0.15) is 11.5 Å². The fraction of sp³-hybridized carbons (Fsp3) is 0.176. The van der Waals surface area contributed by atoms with E-state index in [0.717, 1.165) is 22.3 Å². The van der Waals surface area contributed by atoms with Crippen LogP contribution in [0, 0.1) is 0 Å². The van der Waals surface area contributed by atoms with Crippen LogP contribution in [-0.4, -0.2) is 45.6 Å². The summed E-state index contributed by atoms with van der Waals surface area (Å²) in [4.78, 5) is 19.7. The second kappa shape index (κ2) is 6.60. The second-order valence-electron chi connectivity index (χ2n) is 5.85. The molecule has 0 fully saturated rings. The summed E-state index contributed by atoms with van der Waals surface area (Å²) in [7, 11) is 3.67. The second-order valence-corrected chi connectivity index (χ2v) is 5.85. The fourth-order valence-electron chi connectivity index (χ4n) is 2.41. The summed E-state index contributed by atoms with van der Waals surface area (Å²) >= 11 is 0. The minimum atomic E-state index is -0.406. The smallest absolute Gasteiger partial charge is 0.223 e. The zero-order chi connectivity index (χ0) is 18.0. The molecule has 0 unspecified atom stereocenters. The molecular weight excluding hydrogens is 318 g/mol. The molecule has 128 valence electrons. The number of carbonyl (C=O) groups excluding carboxylic acids is 1. The quantitative estimate of drug-likeness (QED) is 0.530. The SMILES string of the molecule is CN(C)N=Cc1cc(-c2ccc3nc(CC(N)=O)cn3c2)cnc1N. The van der Waals surface area contributed by atoms with E-state index in [4.69, 9.17) is 11.5 Å².